The van der Waals surface area contributed by atoms with E-state index in [1.54, 1.807) is 6.07 Å². The molecule has 0 spiro atoms. The lowest BCUT2D eigenvalue weighted by Gasteiger charge is -2.36. The summed E-state index contributed by atoms with van der Waals surface area (Å²) in [5.41, 5.74) is -0.00802. The van der Waals surface area contributed by atoms with Crippen molar-refractivity contribution in [2.45, 2.75) is 0 Å². The first kappa shape index (κ1) is 10.6. The van der Waals surface area contributed by atoms with E-state index in [9.17, 15) is 14.0 Å². The fourth-order valence-corrected chi connectivity index (χ4v) is 1.61. The predicted octanol–water partition coefficient (Wildman–Crippen LogP) is 0.982. The van der Waals surface area contributed by atoms with Gasteiger partial charge in [0.15, 0.2) is 0 Å². The van der Waals surface area contributed by atoms with Crippen molar-refractivity contribution in [3.05, 3.63) is 35.6 Å². The fourth-order valence-electron chi connectivity index (χ4n) is 1.61. The third kappa shape index (κ3) is 1.76. The highest BCUT2D eigenvalue weighted by molar-refractivity contribution is 5.95. The highest BCUT2D eigenvalue weighted by Crippen LogP contribution is 2.19. The summed E-state index contributed by atoms with van der Waals surface area (Å²) in [6, 6.07) is 5.68. The van der Waals surface area contributed by atoms with Crippen LogP contribution in [0.4, 0.5) is 4.39 Å². The first-order chi connectivity index (χ1) is 7.59. The van der Waals surface area contributed by atoms with Crippen LogP contribution in [0.25, 0.3) is 0 Å². The zero-order valence-electron chi connectivity index (χ0n) is 8.39. The van der Waals surface area contributed by atoms with E-state index in [0.29, 0.717) is 0 Å². The van der Waals surface area contributed by atoms with E-state index in [1.807, 2.05) is 0 Å². The first-order valence-corrected chi connectivity index (χ1v) is 4.86. The Hall–Kier alpha value is -1.91. The zero-order chi connectivity index (χ0) is 11.7. The largest absolute Gasteiger partial charge is 0.481 e. The fraction of sp³-hybridized carbons (Fsp3) is 0.273. The van der Waals surface area contributed by atoms with Gasteiger partial charge >= 0.3 is 5.97 Å². The Morgan fingerprint density at radius 3 is 2.50 bits per heavy atom. The molecule has 1 amide bonds. The maximum atomic E-state index is 13.3. The molecule has 16 heavy (non-hydrogen) atoms. The van der Waals surface area contributed by atoms with E-state index in [-0.39, 0.29) is 18.7 Å². The number of hydrogen-bond donors (Lipinski definition) is 1. The van der Waals surface area contributed by atoms with E-state index in [4.69, 9.17) is 5.11 Å². The van der Waals surface area contributed by atoms with Crippen LogP contribution in [-0.4, -0.2) is 35.0 Å². The maximum absolute atomic E-state index is 13.3. The predicted molar refractivity (Wildman–Crippen MR) is 53.4 cm³/mol. The number of carbonyl (C=O) groups excluding carboxylic acids is 1. The molecule has 0 unspecified atom stereocenters. The lowest BCUT2D eigenvalue weighted by molar-refractivity contribution is -0.146. The lowest BCUT2D eigenvalue weighted by atomic mass is 9.99. The standard InChI is InChI=1S/C11H10FNO3/c12-9-4-2-1-3-8(9)10(14)13-5-7(6-13)11(15)16/h1-4,7H,5-6H2,(H,15,16). The van der Waals surface area contributed by atoms with Gasteiger partial charge in [-0.15, -0.1) is 0 Å². The van der Waals surface area contributed by atoms with Crippen LogP contribution in [0.1, 0.15) is 10.4 Å². The Labute approximate surface area is 91.3 Å². The number of carboxylic acid groups (broad SMARTS) is 1. The van der Waals surface area contributed by atoms with Gasteiger partial charge in [-0.1, -0.05) is 12.1 Å². The average Bonchev–Trinajstić information content (AvgIpc) is 2.15. The van der Waals surface area contributed by atoms with Crippen LogP contribution in [0.15, 0.2) is 24.3 Å². The first-order valence-electron chi connectivity index (χ1n) is 4.86. The van der Waals surface area contributed by atoms with Crippen molar-refractivity contribution in [1.82, 2.24) is 4.90 Å². The molecule has 0 bridgehead atoms. The summed E-state index contributed by atoms with van der Waals surface area (Å²) in [6.45, 7) is 0.311. The van der Waals surface area contributed by atoms with Crippen LogP contribution >= 0.6 is 0 Å². The van der Waals surface area contributed by atoms with Gasteiger partial charge in [0.25, 0.3) is 5.91 Å². The number of carboxylic acids is 1. The highest BCUT2D eigenvalue weighted by Gasteiger charge is 2.36. The van der Waals surface area contributed by atoms with Gasteiger partial charge in [0.1, 0.15) is 5.82 Å². The molecular weight excluding hydrogens is 213 g/mol. The monoisotopic (exact) mass is 223 g/mol. The molecule has 1 heterocycles. The number of benzene rings is 1. The normalized spacial score (nSPS) is 15.7. The van der Waals surface area contributed by atoms with Gasteiger partial charge in [-0.25, -0.2) is 4.39 Å². The average molecular weight is 223 g/mol. The highest BCUT2D eigenvalue weighted by atomic mass is 19.1. The summed E-state index contributed by atoms with van der Waals surface area (Å²) in [4.78, 5) is 23.6. The minimum atomic E-state index is -0.919. The van der Waals surface area contributed by atoms with E-state index < -0.39 is 23.6 Å². The smallest absolute Gasteiger partial charge is 0.310 e. The summed E-state index contributed by atoms with van der Waals surface area (Å²) < 4.78 is 13.3. The number of nitrogens with zero attached hydrogens (tertiary/aromatic N) is 1. The molecule has 0 aliphatic carbocycles. The summed E-state index contributed by atoms with van der Waals surface area (Å²) in [5.74, 6) is -2.46. The third-order valence-corrected chi connectivity index (χ3v) is 2.62. The van der Waals surface area contributed by atoms with Crippen molar-refractivity contribution in [1.29, 1.82) is 0 Å². The summed E-state index contributed by atoms with van der Waals surface area (Å²) in [6.07, 6.45) is 0. The molecule has 84 valence electrons. The second kappa shape index (κ2) is 3.92. The quantitative estimate of drug-likeness (QED) is 0.813. The molecule has 1 aliphatic rings. The van der Waals surface area contributed by atoms with Crippen LogP contribution in [0.5, 0.6) is 0 Å². The third-order valence-electron chi connectivity index (χ3n) is 2.62. The molecule has 1 saturated heterocycles. The van der Waals surface area contributed by atoms with E-state index in [2.05, 4.69) is 0 Å². The molecule has 0 radical (unpaired) electrons. The van der Waals surface area contributed by atoms with Crippen molar-refractivity contribution in [3.63, 3.8) is 0 Å². The van der Waals surface area contributed by atoms with Crippen molar-refractivity contribution in [2.24, 2.45) is 5.92 Å². The summed E-state index contributed by atoms with van der Waals surface area (Å²) in [7, 11) is 0. The topological polar surface area (TPSA) is 57.6 Å². The minimum Gasteiger partial charge on any atom is -0.481 e. The molecule has 2 rings (SSSR count). The zero-order valence-corrected chi connectivity index (χ0v) is 8.39. The van der Waals surface area contributed by atoms with Crippen LogP contribution < -0.4 is 0 Å². The summed E-state index contributed by atoms with van der Waals surface area (Å²) in [5, 5.41) is 8.65. The van der Waals surface area contributed by atoms with Gasteiger partial charge in [-0.3, -0.25) is 9.59 Å². The molecule has 4 nitrogen and oxygen atoms in total. The van der Waals surface area contributed by atoms with Gasteiger partial charge in [0.2, 0.25) is 0 Å². The molecule has 1 aromatic rings. The molecule has 0 aromatic heterocycles. The number of amides is 1. The Morgan fingerprint density at radius 1 is 1.31 bits per heavy atom. The second-order valence-corrected chi connectivity index (χ2v) is 3.73. The van der Waals surface area contributed by atoms with Gasteiger partial charge in [0.05, 0.1) is 11.5 Å². The molecular formula is C11H10FNO3. The second-order valence-electron chi connectivity index (χ2n) is 3.73. The number of hydrogen-bond acceptors (Lipinski definition) is 2. The number of rotatable bonds is 2. The van der Waals surface area contributed by atoms with E-state index in [1.165, 1.54) is 23.1 Å². The molecule has 1 fully saturated rings. The van der Waals surface area contributed by atoms with Gasteiger partial charge < -0.3 is 10.0 Å². The van der Waals surface area contributed by atoms with Gasteiger partial charge in [0, 0.05) is 13.1 Å². The molecule has 1 aromatic carbocycles. The molecule has 5 heteroatoms. The number of halogens is 1. The van der Waals surface area contributed by atoms with Crippen molar-refractivity contribution in [3.8, 4) is 0 Å². The maximum Gasteiger partial charge on any atom is 0.310 e. The van der Waals surface area contributed by atoms with Crippen molar-refractivity contribution < 1.29 is 19.1 Å². The molecule has 0 saturated carbocycles. The summed E-state index contributed by atoms with van der Waals surface area (Å²) >= 11 is 0. The SMILES string of the molecule is O=C(O)C1CN(C(=O)c2ccccc2F)C1. The van der Waals surface area contributed by atoms with Crippen LogP contribution in [0.3, 0.4) is 0 Å². The lowest BCUT2D eigenvalue weighted by Crippen LogP contribution is -2.53. The Morgan fingerprint density at radius 2 is 1.94 bits per heavy atom. The minimum absolute atomic E-state index is 0.00802. The molecule has 0 atom stereocenters. The number of carbonyl (C=O) groups is 2. The Kier molecular flexibility index (Phi) is 2.60. The van der Waals surface area contributed by atoms with E-state index in [0.717, 1.165) is 0 Å². The van der Waals surface area contributed by atoms with Gasteiger partial charge in [-0.05, 0) is 12.1 Å². The van der Waals surface area contributed by atoms with Crippen LogP contribution in [0.2, 0.25) is 0 Å². The number of aliphatic carboxylic acids is 1. The molecule has 1 aliphatic heterocycles. The van der Waals surface area contributed by atoms with Crippen molar-refractivity contribution >= 4 is 11.9 Å². The number of likely N-dealkylation sites (tertiary alicyclic amines) is 1. The van der Waals surface area contributed by atoms with Crippen LogP contribution in [-0.2, 0) is 4.79 Å². The Bertz CT molecular complexity index is 441. The van der Waals surface area contributed by atoms with Crippen molar-refractivity contribution in [2.75, 3.05) is 13.1 Å². The Balaban J connectivity index is 2.06. The van der Waals surface area contributed by atoms with E-state index >= 15 is 0 Å². The van der Waals surface area contributed by atoms with Crippen LogP contribution in [0, 0.1) is 11.7 Å². The van der Waals surface area contributed by atoms with Gasteiger partial charge in [-0.2, -0.15) is 0 Å². The molecule has 1 N–H and O–H groups in total.